The van der Waals surface area contributed by atoms with Crippen molar-refractivity contribution in [1.82, 2.24) is 4.90 Å². The zero-order valence-corrected chi connectivity index (χ0v) is 14.2. The summed E-state index contributed by atoms with van der Waals surface area (Å²) in [5.41, 5.74) is -1.33. The van der Waals surface area contributed by atoms with E-state index in [1.165, 1.54) is 6.07 Å². The van der Waals surface area contributed by atoms with Crippen molar-refractivity contribution in [3.05, 3.63) is 28.8 Å². The second-order valence-electron chi connectivity index (χ2n) is 6.51. The number of nitrogens with one attached hydrogen (secondary N) is 1. The van der Waals surface area contributed by atoms with Crippen molar-refractivity contribution in [2.75, 3.05) is 18.4 Å². The maximum atomic E-state index is 13.1. The molecule has 3 rings (SSSR count). The van der Waals surface area contributed by atoms with Crippen molar-refractivity contribution in [3.8, 4) is 0 Å². The van der Waals surface area contributed by atoms with Crippen molar-refractivity contribution < 1.29 is 22.8 Å². The SMILES string of the molecule is O=C(Nc1ccc(Cl)cc1C(F)(F)F)C1CC1C(=O)N1CCCCC1. The van der Waals surface area contributed by atoms with Crippen molar-refractivity contribution in [3.63, 3.8) is 0 Å². The van der Waals surface area contributed by atoms with Gasteiger partial charge in [-0.25, -0.2) is 0 Å². The molecule has 25 heavy (non-hydrogen) atoms. The van der Waals surface area contributed by atoms with E-state index in [1.807, 2.05) is 0 Å². The lowest BCUT2D eigenvalue weighted by molar-refractivity contribution is -0.137. The van der Waals surface area contributed by atoms with Crippen molar-refractivity contribution in [2.45, 2.75) is 31.9 Å². The normalized spacial score (nSPS) is 23.3. The lowest BCUT2D eigenvalue weighted by atomic mass is 10.1. The highest BCUT2D eigenvalue weighted by Gasteiger charge is 2.50. The van der Waals surface area contributed by atoms with Gasteiger partial charge in [0.2, 0.25) is 11.8 Å². The zero-order chi connectivity index (χ0) is 18.2. The van der Waals surface area contributed by atoms with Gasteiger partial charge in [-0.3, -0.25) is 9.59 Å². The summed E-state index contributed by atoms with van der Waals surface area (Å²) in [6.45, 7) is 1.39. The Morgan fingerprint density at radius 3 is 2.44 bits per heavy atom. The molecule has 1 N–H and O–H groups in total. The van der Waals surface area contributed by atoms with Crippen LogP contribution in [0.5, 0.6) is 0 Å². The molecule has 0 radical (unpaired) electrons. The fraction of sp³-hybridized carbons (Fsp3) is 0.529. The molecule has 2 amide bonds. The number of halogens is 4. The lowest BCUT2D eigenvalue weighted by Gasteiger charge is -2.26. The fourth-order valence-electron chi connectivity index (χ4n) is 3.19. The summed E-state index contributed by atoms with van der Waals surface area (Å²) in [5.74, 6) is -1.60. The largest absolute Gasteiger partial charge is 0.418 e. The van der Waals surface area contributed by atoms with E-state index in [1.54, 1.807) is 4.90 Å². The summed E-state index contributed by atoms with van der Waals surface area (Å²) >= 11 is 5.62. The van der Waals surface area contributed by atoms with Crippen LogP contribution in [0.1, 0.15) is 31.2 Å². The molecule has 0 spiro atoms. The summed E-state index contributed by atoms with van der Waals surface area (Å²) in [4.78, 5) is 26.4. The summed E-state index contributed by atoms with van der Waals surface area (Å²) in [6, 6.07) is 3.20. The van der Waals surface area contributed by atoms with Crippen molar-refractivity contribution >= 4 is 29.1 Å². The van der Waals surface area contributed by atoms with Crippen LogP contribution in [0.15, 0.2) is 18.2 Å². The first-order valence-electron chi connectivity index (χ1n) is 8.24. The molecule has 4 nitrogen and oxygen atoms in total. The van der Waals surface area contributed by atoms with Crippen LogP contribution in [0.3, 0.4) is 0 Å². The Hall–Kier alpha value is -1.76. The van der Waals surface area contributed by atoms with Crippen LogP contribution in [-0.4, -0.2) is 29.8 Å². The van der Waals surface area contributed by atoms with E-state index in [4.69, 9.17) is 11.6 Å². The minimum Gasteiger partial charge on any atom is -0.342 e. The average molecular weight is 375 g/mol. The summed E-state index contributed by atoms with van der Waals surface area (Å²) in [7, 11) is 0. The van der Waals surface area contributed by atoms with Gasteiger partial charge in [-0.1, -0.05) is 11.6 Å². The van der Waals surface area contributed by atoms with Gasteiger partial charge in [0.25, 0.3) is 0 Å². The number of piperidine rings is 1. The molecule has 1 saturated carbocycles. The number of carbonyl (C=O) groups is 2. The molecule has 2 fully saturated rings. The Labute approximate surface area is 148 Å². The summed E-state index contributed by atoms with van der Waals surface area (Å²) < 4.78 is 39.2. The Morgan fingerprint density at radius 1 is 1.12 bits per heavy atom. The number of hydrogen-bond acceptors (Lipinski definition) is 2. The molecule has 1 heterocycles. The minimum absolute atomic E-state index is 0.0603. The third-order valence-electron chi connectivity index (χ3n) is 4.66. The highest BCUT2D eigenvalue weighted by molar-refractivity contribution is 6.30. The number of rotatable bonds is 3. The number of hydrogen-bond donors (Lipinski definition) is 1. The third kappa shape index (κ3) is 4.08. The molecule has 1 aromatic carbocycles. The van der Waals surface area contributed by atoms with Crippen LogP contribution in [-0.2, 0) is 15.8 Å². The first-order chi connectivity index (χ1) is 11.8. The molecular weight excluding hydrogens is 357 g/mol. The van der Waals surface area contributed by atoms with E-state index in [-0.39, 0.29) is 16.6 Å². The maximum absolute atomic E-state index is 13.1. The van der Waals surface area contributed by atoms with E-state index >= 15 is 0 Å². The van der Waals surface area contributed by atoms with Gasteiger partial charge in [0.1, 0.15) is 0 Å². The number of anilines is 1. The number of benzene rings is 1. The monoisotopic (exact) mass is 374 g/mol. The second kappa shape index (κ2) is 6.86. The van der Waals surface area contributed by atoms with Gasteiger partial charge in [0.05, 0.1) is 23.1 Å². The third-order valence-corrected chi connectivity index (χ3v) is 4.89. The van der Waals surface area contributed by atoms with Gasteiger partial charge in [0.15, 0.2) is 0 Å². The van der Waals surface area contributed by atoms with Crippen LogP contribution in [0.25, 0.3) is 0 Å². The first kappa shape index (κ1) is 18.0. The first-order valence-corrected chi connectivity index (χ1v) is 8.61. The molecule has 2 atom stereocenters. The fourth-order valence-corrected chi connectivity index (χ4v) is 3.36. The van der Waals surface area contributed by atoms with Gasteiger partial charge >= 0.3 is 6.18 Å². The minimum atomic E-state index is -4.62. The molecule has 0 aromatic heterocycles. The van der Waals surface area contributed by atoms with Crippen molar-refractivity contribution in [1.29, 1.82) is 0 Å². The van der Waals surface area contributed by atoms with Gasteiger partial charge < -0.3 is 10.2 Å². The summed E-state index contributed by atoms with van der Waals surface area (Å²) in [5, 5.41) is 2.25. The second-order valence-corrected chi connectivity index (χ2v) is 6.95. The molecule has 1 aromatic rings. The van der Waals surface area contributed by atoms with Crippen LogP contribution in [0, 0.1) is 11.8 Å². The quantitative estimate of drug-likeness (QED) is 0.871. The van der Waals surface area contributed by atoms with Gasteiger partial charge in [-0.05, 0) is 43.9 Å². The Bertz CT molecular complexity index is 687. The van der Waals surface area contributed by atoms with E-state index < -0.39 is 29.5 Å². The summed E-state index contributed by atoms with van der Waals surface area (Å²) in [6.07, 6.45) is -1.24. The highest BCUT2D eigenvalue weighted by atomic mass is 35.5. The number of likely N-dealkylation sites (tertiary alicyclic amines) is 1. The highest BCUT2D eigenvalue weighted by Crippen LogP contribution is 2.42. The van der Waals surface area contributed by atoms with Crippen molar-refractivity contribution in [2.24, 2.45) is 11.8 Å². The smallest absolute Gasteiger partial charge is 0.342 e. The van der Waals surface area contributed by atoms with Crippen LogP contribution in [0.4, 0.5) is 18.9 Å². The van der Waals surface area contributed by atoms with E-state index in [9.17, 15) is 22.8 Å². The van der Waals surface area contributed by atoms with Crippen LogP contribution < -0.4 is 5.32 Å². The molecule has 1 aliphatic heterocycles. The Morgan fingerprint density at radius 2 is 1.80 bits per heavy atom. The molecule has 2 aliphatic rings. The van der Waals surface area contributed by atoms with Gasteiger partial charge in [-0.15, -0.1) is 0 Å². The topological polar surface area (TPSA) is 49.4 Å². The van der Waals surface area contributed by atoms with E-state index in [0.29, 0.717) is 19.5 Å². The molecule has 1 aliphatic carbocycles. The predicted octanol–water partition coefficient (Wildman–Crippen LogP) is 3.95. The lowest BCUT2D eigenvalue weighted by Crippen LogP contribution is -2.37. The number of alkyl halides is 3. The molecule has 2 unspecified atom stereocenters. The Kier molecular flexibility index (Phi) is 4.95. The van der Waals surface area contributed by atoms with Gasteiger partial charge in [-0.2, -0.15) is 13.2 Å². The molecule has 1 saturated heterocycles. The number of nitrogens with zero attached hydrogens (tertiary/aromatic N) is 1. The standard InChI is InChI=1S/C17H18ClF3N2O2/c18-10-4-5-14(13(8-10)17(19,20)21)22-15(24)11-9-12(11)16(25)23-6-2-1-3-7-23/h4-5,8,11-12H,1-3,6-7,9H2,(H,22,24). The van der Waals surface area contributed by atoms with Gasteiger partial charge in [0, 0.05) is 18.1 Å². The van der Waals surface area contributed by atoms with Crippen LogP contribution in [0.2, 0.25) is 5.02 Å². The predicted molar refractivity (Wildman–Crippen MR) is 87.1 cm³/mol. The molecule has 8 heteroatoms. The van der Waals surface area contributed by atoms with E-state index in [2.05, 4.69) is 5.32 Å². The molecule has 136 valence electrons. The van der Waals surface area contributed by atoms with Crippen LogP contribution >= 0.6 is 11.6 Å². The average Bonchev–Trinajstić information content (AvgIpc) is 3.36. The zero-order valence-electron chi connectivity index (χ0n) is 13.4. The maximum Gasteiger partial charge on any atom is 0.418 e. The molecule has 0 bridgehead atoms. The molecular formula is C17H18ClF3N2O2. The van der Waals surface area contributed by atoms with E-state index in [0.717, 1.165) is 31.4 Å². The number of amides is 2. The Balaban J connectivity index is 1.65. The number of carbonyl (C=O) groups excluding carboxylic acids is 2.